The lowest BCUT2D eigenvalue weighted by Gasteiger charge is -2.27. The van der Waals surface area contributed by atoms with E-state index in [0.29, 0.717) is 6.29 Å². The minimum absolute atomic E-state index is 0.0589. The Morgan fingerprint density at radius 1 is 1.38 bits per heavy atom. The maximum Gasteiger partial charge on any atom is 0.229 e. The number of piperidine rings is 1. The van der Waals surface area contributed by atoms with Crippen LogP contribution in [0.3, 0.4) is 0 Å². The molecule has 1 rings (SSSR count). The van der Waals surface area contributed by atoms with Crippen LogP contribution < -0.4 is 5.32 Å². The second-order valence-corrected chi connectivity index (χ2v) is 4.20. The van der Waals surface area contributed by atoms with Gasteiger partial charge in [0.1, 0.15) is 6.29 Å². The first-order valence-corrected chi connectivity index (χ1v) is 5.59. The Hall–Kier alpha value is -1.23. The fourth-order valence-electron chi connectivity index (χ4n) is 1.76. The number of imide groups is 1. The summed E-state index contributed by atoms with van der Waals surface area (Å²) in [6.45, 7) is 1.78. The standard InChI is InChI=1S/C11H18N2O3/c1-13-6-4-9(5-7-13)11(16)12-10(15)3-2-8-14/h8-9H,2-7H2,1H3,(H,12,15,16). The molecule has 0 saturated carbocycles. The summed E-state index contributed by atoms with van der Waals surface area (Å²) in [6, 6.07) is 0. The summed E-state index contributed by atoms with van der Waals surface area (Å²) in [5.41, 5.74) is 0. The number of likely N-dealkylation sites (tertiary alicyclic amines) is 1. The molecule has 0 aromatic heterocycles. The molecule has 1 aliphatic rings. The highest BCUT2D eigenvalue weighted by molar-refractivity contribution is 5.96. The summed E-state index contributed by atoms with van der Waals surface area (Å²) in [4.78, 5) is 35.1. The van der Waals surface area contributed by atoms with E-state index in [1.807, 2.05) is 7.05 Å². The van der Waals surface area contributed by atoms with E-state index in [0.717, 1.165) is 25.9 Å². The SMILES string of the molecule is CN1CCC(C(=O)NC(=O)CCC=O)CC1. The van der Waals surface area contributed by atoms with Crippen molar-refractivity contribution in [3.63, 3.8) is 0 Å². The molecule has 0 radical (unpaired) electrons. The predicted molar refractivity (Wildman–Crippen MR) is 58.7 cm³/mol. The maximum atomic E-state index is 11.6. The van der Waals surface area contributed by atoms with Gasteiger partial charge in [-0.1, -0.05) is 0 Å². The van der Waals surface area contributed by atoms with Crippen LogP contribution in [0, 0.1) is 5.92 Å². The summed E-state index contributed by atoms with van der Waals surface area (Å²) in [5.74, 6) is -0.601. The lowest BCUT2D eigenvalue weighted by molar-refractivity contribution is -0.134. The smallest absolute Gasteiger partial charge is 0.229 e. The van der Waals surface area contributed by atoms with E-state index in [2.05, 4.69) is 10.2 Å². The number of aldehydes is 1. The van der Waals surface area contributed by atoms with Crippen LogP contribution in [0.25, 0.3) is 0 Å². The third-order valence-corrected chi connectivity index (χ3v) is 2.84. The molecule has 1 N–H and O–H groups in total. The molecule has 1 saturated heterocycles. The van der Waals surface area contributed by atoms with Crippen molar-refractivity contribution in [2.45, 2.75) is 25.7 Å². The van der Waals surface area contributed by atoms with Gasteiger partial charge in [-0.25, -0.2) is 0 Å². The van der Waals surface area contributed by atoms with Crippen molar-refractivity contribution in [3.05, 3.63) is 0 Å². The molecule has 16 heavy (non-hydrogen) atoms. The Labute approximate surface area is 95.2 Å². The summed E-state index contributed by atoms with van der Waals surface area (Å²) < 4.78 is 0. The summed E-state index contributed by atoms with van der Waals surface area (Å²) in [7, 11) is 2.02. The Morgan fingerprint density at radius 3 is 2.56 bits per heavy atom. The highest BCUT2D eigenvalue weighted by atomic mass is 16.2. The minimum atomic E-state index is -0.351. The van der Waals surface area contributed by atoms with Crippen LogP contribution in [0.1, 0.15) is 25.7 Å². The molecule has 1 aliphatic heterocycles. The number of hydrogen-bond donors (Lipinski definition) is 1. The molecule has 1 heterocycles. The van der Waals surface area contributed by atoms with Gasteiger partial charge in [0.2, 0.25) is 11.8 Å². The van der Waals surface area contributed by atoms with Crippen LogP contribution in [0.4, 0.5) is 0 Å². The van der Waals surface area contributed by atoms with E-state index in [1.165, 1.54) is 0 Å². The average molecular weight is 226 g/mol. The molecule has 0 unspecified atom stereocenters. The third-order valence-electron chi connectivity index (χ3n) is 2.84. The zero-order valence-corrected chi connectivity index (χ0v) is 9.57. The molecule has 0 bridgehead atoms. The molecular weight excluding hydrogens is 208 g/mol. The molecule has 0 atom stereocenters. The quantitative estimate of drug-likeness (QED) is 0.682. The predicted octanol–water partition coefficient (Wildman–Crippen LogP) is -0.0499. The lowest BCUT2D eigenvalue weighted by atomic mass is 9.96. The maximum absolute atomic E-state index is 11.6. The van der Waals surface area contributed by atoms with Crippen LogP contribution >= 0.6 is 0 Å². The van der Waals surface area contributed by atoms with E-state index >= 15 is 0 Å². The second kappa shape index (κ2) is 6.37. The van der Waals surface area contributed by atoms with E-state index in [-0.39, 0.29) is 30.6 Å². The van der Waals surface area contributed by atoms with Crippen molar-refractivity contribution in [3.8, 4) is 0 Å². The summed E-state index contributed by atoms with van der Waals surface area (Å²) in [6.07, 6.45) is 2.54. The van der Waals surface area contributed by atoms with Gasteiger partial charge in [0, 0.05) is 18.8 Å². The zero-order chi connectivity index (χ0) is 12.0. The first kappa shape index (κ1) is 12.8. The molecule has 0 spiro atoms. The van der Waals surface area contributed by atoms with Gasteiger partial charge in [0.25, 0.3) is 0 Å². The highest BCUT2D eigenvalue weighted by Gasteiger charge is 2.24. The minimum Gasteiger partial charge on any atom is -0.306 e. The molecule has 0 aromatic rings. The van der Waals surface area contributed by atoms with Gasteiger partial charge in [0.05, 0.1) is 0 Å². The molecule has 0 aromatic carbocycles. The average Bonchev–Trinajstić information content (AvgIpc) is 2.27. The number of rotatable bonds is 4. The third kappa shape index (κ3) is 4.10. The largest absolute Gasteiger partial charge is 0.306 e. The Kier molecular flexibility index (Phi) is 5.11. The van der Waals surface area contributed by atoms with Crippen molar-refractivity contribution in [1.82, 2.24) is 10.2 Å². The van der Waals surface area contributed by atoms with E-state index in [1.54, 1.807) is 0 Å². The number of carbonyl (C=O) groups excluding carboxylic acids is 3. The fraction of sp³-hybridized carbons (Fsp3) is 0.727. The van der Waals surface area contributed by atoms with Crippen molar-refractivity contribution in [2.24, 2.45) is 5.92 Å². The van der Waals surface area contributed by atoms with Crippen LogP contribution in [-0.2, 0) is 14.4 Å². The summed E-state index contributed by atoms with van der Waals surface area (Å²) in [5, 5.41) is 2.34. The van der Waals surface area contributed by atoms with Crippen molar-refractivity contribution >= 4 is 18.1 Å². The molecule has 5 nitrogen and oxygen atoms in total. The Balaban J connectivity index is 2.29. The summed E-state index contributed by atoms with van der Waals surface area (Å²) >= 11 is 0. The number of hydrogen-bond acceptors (Lipinski definition) is 4. The van der Waals surface area contributed by atoms with Crippen LogP contribution in [-0.4, -0.2) is 43.1 Å². The highest BCUT2D eigenvalue weighted by Crippen LogP contribution is 2.15. The molecule has 1 fully saturated rings. The van der Waals surface area contributed by atoms with Crippen LogP contribution in [0.5, 0.6) is 0 Å². The fourth-order valence-corrected chi connectivity index (χ4v) is 1.76. The van der Waals surface area contributed by atoms with E-state index in [9.17, 15) is 14.4 Å². The molecule has 2 amide bonds. The first-order valence-electron chi connectivity index (χ1n) is 5.59. The number of nitrogens with zero attached hydrogens (tertiary/aromatic N) is 1. The van der Waals surface area contributed by atoms with Gasteiger partial charge in [-0.3, -0.25) is 14.9 Å². The topological polar surface area (TPSA) is 66.5 Å². The van der Waals surface area contributed by atoms with Gasteiger partial charge in [-0.2, -0.15) is 0 Å². The van der Waals surface area contributed by atoms with Gasteiger partial charge in [-0.15, -0.1) is 0 Å². The van der Waals surface area contributed by atoms with E-state index in [4.69, 9.17) is 0 Å². The normalized spacial score (nSPS) is 18.1. The van der Waals surface area contributed by atoms with Crippen molar-refractivity contribution < 1.29 is 14.4 Å². The van der Waals surface area contributed by atoms with Crippen molar-refractivity contribution in [2.75, 3.05) is 20.1 Å². The Morgan fingerprint density at radius 2 is 2.00 bits per heavy atom. The first-order chi connectivity index (χ1) is 7.63. The second-order valence-electron chi connectivity index (χ2n) is 4.20. The monoisotopic (exact) mass is 226 g/mol. The zero-order valence-electron chi connectivity index (χ0n) is 9.57. The van der Waals surface area contributed by atoms with Gasteiger partial charge in [0.15, 0.2) is 0 Å². The van der Waals surface area contributed by atoms with Gasteiger partial charge < -0.3 is 9.69 Å². The van der Waals surface area contributed by atoms with Gasteiger partial charge in [-0.05, 0) is 33.0 Å². The van der Waals surface area contributed by atoms with Crippen LogP contribution in [0.15, 0.2) is 0 Å². The van der Waals surface area contributed by atoms with Crippen LogP contribution in [0.2, 0.25) is 0 Å². The molecule has 90 valence electrons. The number of amides is 2. The Bertz CT molecular complexity index is 270. The molecule has 0 aliphatic carbocycles. The van der Waals surface area contributed by atoms with Gasteiger partial charge >= 0.3 is 0 Å². The number of carbonyl (C=O) groups is 3. The van der Waals surface area contributed by atoms with E-state index < -0.39 is 0 Å². The van der Waals surface area contributed by atoms with Crippen molar-refractivity contribution in [1.29, 1.82) is 0 Å². The lowest BCUT2D eigenvalue weighted by Crippen LogP contribution is -2.41. The molecule has 5 heteroatoms. The molecular formula is C11H18N2O3. The number of nitrogens with one attached hydrogen (secondary N) is 1.